The van der Waals surface area contributed by atoms with Gasteiger partial charge >= 0.3 is 0 Å². The second-order valence-electron chi connectivity index (χ2n) is 2.64. The molecule has 76 valence electrons. The first-order chi connectivity index (χ1) is 6.77. The van der Waals surface area contributed by atoms with Gasteiger partial charge in [-0.05, 0) is 24.5 Å². The third kappa shape index (κ3) is 3.35. The number of ether oxygens (including phenoxy) is 1. The van der Waals surface area contributed by atoms with Gasteiger partial charge in [-0.2, -0.15) is 11.8 Å². The molecule has 0 aliphatic carbocycles. The molecule has 0 heterocycles. The van der Waals surface area contributed by atoms with E-state index < -0.39 is 0 Å². The van der Waals surface area contributed by atoms with Crippen molar-refractivity contribution in [3.8, 4) is 5.75 Å². The van der Waals surface area contributed by atoms with E-state index in [1.165, 1.54) is 0 Å². The second-order valence-corrected chi connectivity index (χ2v) is 4.48. The van der Waals surface area contributed by atoms with Crippen molar-refractivity contribution in [2.24, 2.45) is 0 Å². The van der Waals surface area contributed by atoms with E-state index in [-0.39, 0.29) is 0 Å². The molecule has 0 bridgehead atoms. The maximum atomic E-state index is 10.6. The van der Waals surface area contributed by atoms with Gasteiger partial charge in [-0.3, -0.25) is 4.79 Å². The molecule has 0 radical (unpaired) electrons. The molecule has 1 rings (SSSR count). The van der Waals surface area contributed by atoms with Crippen LogP contribution in [0.25, 0.3) is 0 Å². The van der Waals surface area contributed by atoms with Gasteiger partial charge in [-0.1, -0.05) is 15.9 Å². The van der Waals surface area contributed by atoms with Gasteiger partial charge in [0.15, 0.2) is 6.29 Å². The van der Waals surface area contributed by atoms with Crippen molar-refractivity contribution in [2.75, 3.05) is 18.6 Å². The zero-order chi connectivity index (χ0) is 10.4. The average molecular weight is 275 g/mol. The largest absolute Gasteiger partial charge is 0.493 e. The van der Waals surface area contributed by atoms with Crippen molar-refractivity contribution >= 4 is 34.0 Å². The SMILES string of the molecule is CSCCOc1ccc(Br)c(C=O)c1. The van der Waals surface area contributed by atoms with Crippen molar-refractivity contribution in [3.63, 3.8) is 0 Å². The van der Waals surface area contributed by atoms with Crippen LogP contribution in [-0.2, 0) is 0 Å². The number of aldehydes is 1. The van der Waals surface area contributed by atoms with Gasteiger partial charge in [0.1, 0.15) is 5.75 Å². The van der Waals surface area contributed by atoms with Crippen molar-refractivity contribution in [1.82, 2.24) is 0 Å². The maximum absolute atomic E-state index is 10.6. The predicted octanol–water partition coefficient (Wildman–Crippen LogP) is 3.00. The third-order valence-electron chi connectivity index (χ3n) is 1.65. The molecule has 0 saturated carbocycles. The summed E-state index contributed by atoms with van der Waals surface area (Å²) in [4.78, 5) is 10.6. The topological polar surface area (TPSA) is 26.3 Å². The highest BCUT2D eigenvalue weighted by atomic mass is 79.9. The summed E-state index contributed by atoms with van der Waals surface area (Å²) in [6.07, 6.45) is 2.84. The minimum atomic E-state index is 0.617. The minimum Gasteiger partial charge on any atom is -0.493 e. The first-order valence-corrected chi connectivity index (χ1v) is 6.33. The molecule has 14 heavy (non-hydrogen) atoms. The van der Waals surface area contributed by atoms with Crippen LogP contribution in [0.3, 0.4) is 0 Å². The molecular weight excluding hydrogens is 264 g/mol. The molecular formula is C10H11BrO2S. The van der Waals surface area contributed by atoms with E-state index in [0.29, 0.717) is 12.2 Å². The Bertz CT molecular complexity index is 315. The summed E-state index contributed by atoms with van der Waals surface area (Å²) in [7, 11) is 0. The third-order valence-corrected chi connectivity index (χ3v) is 2.95. The second kappa shape index (κ2) is 6.09. The van der Waals surface area contributed by atoms with Crippen LogP contribution in [0.4, 0.5) is 0 Å². The van der Waals surface area contributed by atoms with E-state index >= 15 is 0 Å². The predicted molar refractivity (Wildman–Crippen MR) is 63.4 cm³/mol. The highest BCUT2D eigenvalue weighted by Crippen LogP contribution is 2.21. The molecule has 0 unspecified atom stereocenters. The van der Waals surface area contributed by atoms with Crippen LogP contribution < -0.4 is 4.74 Å². The maximum Gasteiger partial charge on any atom is 0.151 e. The highest BCUT2D eigenvalue weighted by Gasteiger charge is 2.00. The fourth-order valence-corrected chi connectivity index (χ4v) is 1.53. The van der Waals surface area contributed by atoms with Gasteiger partial charge in [0.2, 0.25) is 0 Å². The minimum absolute atomic E-state index is 0.617. The quantitative estimate of drug-likeness (QED) is 0.610. The molecule has 0 spiro atoms. The van der Waals surface area contributed by atoms with Crippen LogP contribution in [0.15, 0.2) is 22.7 Å². The van der Waals surface area contributed by atoms with E-state index in [1.807, 2.05) is 18.4 Å². The molecule has 0 fully saturated rings. The standard InChI is InChI=1S/C10H11BrO2S/c1-14-5-4-13-9-2-3-10(11)8(6-9)7-12/h2-3,6-7H,4-5H2,1H3. The first kappa shape index (κ1) is 11.6. The Morgan fingerprint density at radius 2 is 2.36 bits per heavy atom. The van der Waals surface area contributed by atoms with E-state index in [2.05, 4.69) is 15.9 Å². The lowest BCUT2D eigenvalue weighted by Gasteiger charge is -2.05. The summed E-state index contributed by atoms with van der Waals surface area (Å²) in [5.74, 6) is 1.69. The lowest BCUT2D eigenvalue weighted by molar-refractivity contribution is 0.112. The first-order valence-electron chi connectivity index (χ1n) is 4.14. The van der Waals surface area contributed by atoms with Gasteiger partial charge in [-0.25, -0.2) is 0 Å². The average Bonchev–Trinajstić information content (AvgIpc) is 2.21. The summed E-state index contributed by atoms with van der Waals surface area (Å²) in [5, 5.41) is 0. The summed E-state index contributed by atoms with van der Waals surface area (Å²) in [6, 6.07) is 5.40. The van der Waals surface area contributed by atoms with Gasteiger partial charge in [0.05, 0.1) is 6.61 Å². The van der Waals surface area contributed by atoms with E-state index in [9.17, 15) is 4.79 Å². The Balaban J connectivity index is 2.64. The molecule has 4 heteroatoms. The van der Waals surface area contributed by atoms with Gasteiger partial charge in [0.25, 0.3) is 0 Å². The van der Waals surface area contributed by atoms with Gasteiger partial charge in [0, 0.05) is 15.8 Å². The van der Waals surface area contributed by atoms with Crippen LogP contribution in [-0.4, -0.2) is 24.9 Å². The van der Waals surface area contributed by atoms with E-state index in [4.69, 9.17) is 4.74 Å². The van der Waals surface area contributed by atoms with Crippen LogP contribution in [0, 0.1) is 0 Å². The van der Waals surface area contributed by atoms with Crippen LogP contribution in [0.2, 0.25) is 0 Å². The lowest BCUT2D eigenvalue weighted by atomic mass is 10.2. The van der Waals surface area contributed by atoms with Crippen LogP contribution in [0.1, 0.15) is 10.4 Å². The smallest absolute Gasteiger partial charge is 0.151 e. The Labute approximate surface area is 96.2 Å². The Morgan fingerprint density at radius 3 is 3.00 bits per heavy atom. The summed E-state index contributed by atoms with van der Waals surface area (Å²) >= 11 is 5.01. The Kier molecular flexibility index (Phi) is 5.04. The molecule has 2 nitrogen and oxygen atoms in total. The number of benzene rings is 1. The number of hydrogen-bond donors (Lipinski definition) is 0. The normalized spacial score (nSPS) is 9.86. The van der Waals surface area contributed by atoms with Gasteiger partial charge in [-0.15, -0.1) is 0 Å². The highest BCUT2D eigenvalue weighted by molar-refractivity contribution is 9.10. The molecule has 0 aliphatic heterocycles. The number of hydrogen-bond acceptors (Lipinski definition) is 3. The molecule has 0 N–H and O–H groups in total. The molecule has 1 aromatic carbocycles. The van der Waals surface area contributed by atoms with Crippen molar-refractivity contribution in [2.45, 2.75) is 0 Å². The molecule has 0 aliphatic rings. The lowest BCUT2D eigenvalue weighted by Crippen LogP contribution is -2.00. The Morgan fingerprint density at radius 1 is 1.57 bits per heavy atom. The van der Waals surface area contributed by atoms with Crippen molar-refractivity contribution in [3.05, 3.63) is 28.2 Å². The number of rotatable bonds is 5. The molecule has 0 aromatic heterocycles. The van der Waals surface area contributed by atoms with Crippen molar-refractivity contribution in [1.29, 1.82) is 0 Å². The molecule has 0 saturated heterocycles. The number of halogens is 1. The van der Waals surface area contributed by atoms with Crippen LogP contribution in [0.5, 0.6) is 5.75 Å². The van der Waals surface area contributed by atoms with Crippen molar-refractivity contribution < 1.29 is 9.53 Å². The van der Waals surface area contributed by atoms with E-state index in [1.54, 1.807) is 17.8 Å². The van der Waals surface area contributed by atoms with E-state index in [0.717, 1.165) is 22.3 Å². The fourth-order valence-electron chi connectivity index (χ4n) is 0.945. The monoisotopic (exact) mass is 274 g/mol. The summed E-state index contributed by atoms with van der Waals surface area (Å²) in [6.45, 7) is 0.668. The number of carbonyl (C=O) groups excluding carboxylic acids is 1. The van der Waals surface area contributed by atoms with Crippen LogP contribution >= 0.6 is 27.7 Å². The fraction of sp³-hybridized carbons (Fsp3) is 0.300. The molecule has 1 aromatic rings. The number of carbonyl (C=O) groups is 1. The summed E-state index contributed by atoms with van der Waals surface area (Å²) in [5.41, 5.74) is 0.617. The Hall–Kier alpha value is -0.480. The zero-order valence-electron chi connectivity index (χ0n) is 7.83. The molecule has 0 amide bonds. The van der Waals surface area contributed by atoms with Gasteiger partial charge < -0.3 is 4.74 Å². The number of thioether (sulfide) groups is 1. The zero-order valence-corrected chi connectivity index (χ0v) is 10.2. The molecule has 0 atom stereocenters. The summed E-state index contributed by atoms with van der Waals surface area (Å²) < 4.78 is 6.24.